The number of benzene rings is 1. The van der Waals surface area contributed by atoms with Gasteiger partial charge >= 0.3 is 0 Å². The first kappa shape index (κ1) is 18.5. The van der Waals surface area contributed by atoms with Crippen LogP contribution in [-0.2, 0) is 9.59 Å². The molecule has 10 nitrogen and oxygen atoms in total. The number of fused-ring (bicyclic) bond motifs is 1. The summed E-state index contributed by atoms with van der Waals surface area (Å²) in [7, 11) is 0. The van der Waals surface area contributed by atoms with Crippen LogP contribution in [0.25, 0.3) is 0 Å². The fourth-order valence-corrected chi connectivity index (χ4v) is 3.20. The molecule has 0 atom stereocenters. The summed E-state index contributed by atoms with van der Waals surface area (Å²) in [5, 5.41) is 10.9. The lowest BCUT2D eigenvalue weighted by atomic mass is 10.1. The fourth-order valence-electron chi connectivity index (χ4n) is 3.20. The fraction of sp³-hybridized carbons (Fsp3) is 0.412. The van der Waals surface area contributed by atoms with E-state index in [2.05, 4.69) is 0 Å². The van der Waals surface area contributed by atoms with Crippen LogP contribution in [0.3, 0.4) is 0 Å². The molecule has 3 rings (SSSR count). The summed E-state index contributed by atoms with van der Waals surface area (Å²) in [6, 6.07) is 3.43. The van der Waals surface area contributed by atoms with Crippen molar-refractivity contribution < 1.29 is 24.1 Å². The van der Waals surface area contributed by atoms with E-state index in [1.54, 1.807) is 11.8 Å². The predicted molar refractivity (Wildman–Crippen MR) is 91.9 cm³/mol. The molecule has 0 spiro atoms. The number of carbonyl (C=O) groups is 4. The van der Waals surface area contributed by atoms with Crippen LogP contribution >= 0.6 is 0 Å². The van der Waals surface area contributed by atoms with E-state index in [9.17, 15) is 29.3 Å². The van der Waals surface area contributed by atoms with Crippen LogP contribution in [-0.4, -0.2) is 76.0 Å². The smallest absolute Gasteiger partial charge is 0.270 e. The van der Waals surface area contributed by atoms with E-state index in [1.165, 1.54) is 11.0 Å². The van der Waals surface area contributed by atoms with Gasteiger partial charge in [-0.05, 0) is 6.07 Å². The highest BCUT2D eigenvalue weighted by molar-refractivity contribution is 6.22. The van der Waals surface area contributed by atoms with Crippen LogP contribution < -0.4 is 0 Å². The zero-order valence-electron chi connectivity index (χ0n) is 14.7. The van der Waals surface area contributed by atoms with Gasteiger partial charge in [0, 0.05) is 44.7 Å². The third-order valence-corrected chi connectivity index (χ3v) is 4.75. The molecule has 27 heavy (non-hydrogen) atoms. The molecule has 1 saturated heterocycles. The number of nitrogens with zero attached hydrogens (tertiary/aromatic N) is 4. The van der Waals surface area contributed by atoms with Crippen LogP contribution in [0.5, 0.6) is 0 Å². The molecule has 0 bridgehead atoms. The van der Waals surface area contributed by atoms with E-state index in [4.69, 9.17) is 0 Å². The zero-order valence-corrected chi connectivity index (χ0v) is 14.7. The van der Waals surface area contributed by atoms with Gasteiger partial charge in [-0.25, -0.2) is 0 Å². The number of nitro groups is 1. The lowest BCUT2D eigenvalue weighted by molar-refractivity contribution is -0.384. The molecule has 1 aromatic carbocycles. The molecule has 0 aliphatic carbocycles. The Balaban J connectivity index is 1.67. The number of rotatable bonds is 4. The second kappa shape index (κ2) is 7.14. The first-order valence-corrected chi connectivity index (χ1v) is 8.53. The van der Waals surface area contributed by atoms with Gasteiger partial charge in [0.1, 0.15) is 6.54 Å². The molecule has 2 aliphatic heterocycles. The molecule has 4 amide bonds. The van der Waals surface area contributed by atoms with Crippen molar-refractivity contribution in [2.24, 2.45) is 0 Å². The Morgan fingerprint density at radius 1 is 1.00 bits per heavy atom. The number of carbonyl (C=O) groups excluding carboxylic acids is 4. The standard InChI is InChI=1S/C17H18N4O6/c1-2-14(22)18-5-7-19(8-6-18)15(23)10-20-16(24)12-4-3-11(21(26)27)9-13(12)17(20)25/h3-4,9H,2,5-8,10H2,1H3. The minimum atomic E-state index is -0.716. The van der Waals surface area contributed by atoms with Crippen LogP contribution in [0, 0.1) is 10.1 Å². The highest BCUT2D eigenvalue weighted by atomic mass is 16.6. The molecule has 0 aromatic heterocycles. The van der Waals surface area contributed by atoms with Crippen LogP contribution in [0.1, 0.15) is 34.1 Å². The van der Waals surface area contributed by atoms with Crippen molar-refractivity contribution in [3.63, 3.8) is 0 Å². The predicted octanol–water partition coefficient (Wildman–Crippen LogP) is 0.272. The number of nitro benzene ring substituents is 1. The first-order valence-electron chi connectivity index (χ1n) is 8.53. The summed E-state index contributed by atoms with van der Waals surface area (Å²) in [6.45, 7) is 2.83. The van der Waals surface area contributed by atoms with Crippen molar-refractivity contribution in [2.75, 3.05) is 32.7 Å². The normalized spacial score (nSPS) is 16.6. The molecule has 2 aliphatic rings. The van der Waals surface area contributed by atoms with Crippen molar-refractivity contribution in [2.45, 2.75) is 13.3 Å². The molecule has 1 fully saturated rings. The molecule has 10 heteroatoms. The number of hydrogen-bond donors (Lipinski definition) is 0. The summed E-state index contributed by atoms with van der Waals surface area (Å²) in [5.41, 5.74) is -0.308. The van der Waals surface area contributed by atoms with Crippen LogP contribution in [0.15, 0.2) is 18.2 Å². The number of non-ortho nitro benzene ring substituents is 1. The SMILES string of the molecule is CCC(=O)N1CCN(C(=O)CN2C(=O)c3ccc([N+](=O)[O-])cc3C2=O)CC1. The van der Waals surface area contributed by atoms with E-state index >= 15 is 0 Å². The molecule has 0 N–H and O–H groups in total. The second-order valence-corrected chi connectivity index (χ2v) is 6.30. The summed E-state index contributed by atoms with van der Waals surface area (Å²) in [6.07, 6.45) is 0.398. The highest BCUT2D eigenvalue weighted by Gasteiger charge is 2.38. The summed E-state index contributed by atoms with van der Waals surface area (Å²) < 4.78 is 0. The number of hydrogen-bond acceptors (Lipinski definition) is 6. The largest absolute Gasteiger partial charge is 0.339 e. The Morgan fingerprint density at radius 2 is 1.56 bits per heavy atom. The van der Waals surface area contributed by atoms with Crippen molar-refractivity contribution in [1.82, 2.24) is 14.7 Å². The molecular formula is C17H18N4O6. The zero-order chi connectivity index (χ0) is 19.7. The molecule has 1 aromatic rings. The maximum Gasteiger partial charge on any atom is 0.270 e. The third kappa shape index (κ3) is 3.37. The molecular weight excluding hydrogens is 356 g/mol. The van der Waals surface area contributed by atoms with Gasteiger partial charge in [0.15, 0.2) is 0 Å². The summed E-state index contributed by atoms with van der Waals surface area (Å²) in [4.78, 5) is 63.2. The Labute approximate surface area is 154 Å². The third-order valence-electron chi connectivity index (χ3n) is 4.75. The van der Waals surface area contributed by atoms with Gasteiger partial charge in [-0.15, -0.1) is 0 Å². The molecule has 0 unspecified atom stereocenters. The van der Waals surface area contributed by atoms with Crippen LogP contribution in [0.4, 0.5) is 5.69 Å². The molecule has 0 saturated carbocycles. The molecule has 2 heterocycles. The van der Waals surface area contributed by atoms with Gasteiger partial charge < -0.3 is 9.80 Å². The molecule has 0 radical (unpaired) electrons. The average Bonchev–Trinajstić information content (AvgIpc) is 2.91. The van der Waals surface area contributed by atoms with Crippen molar-refractivity contribution >= 4 is 29.3 Å². The van der Waals surface area contributed by atoms with Gasteiger partial charge in [-0.2, -0.15) is 0 Å². The van der Waals surface area contributed by atoms with Gasteiger partial charge in [0.05, 0.1) is 16.1 Å². The van der Waals surface area contributed by atoms with Gasteiger partial charge in [0.25, 0.3) is 17.5 Å². The van der Waals surface area contributed by atoms with Crippen LogP contribution in [0.2, 0.25) is 0 Å². The van der Waals surface area contributed by atoms with E-state index in [-0.39, 0.29) is 22.7 Å². The summed E-state index contributed by atoms with van der Waals surface area (Å²) >= 11 is 0. The van der Waals surface area contributed by atoms with Crippen molar-refractivity contribution in [3.8, 4) is 0 Å². The lowest BCUT2D eigenvalue weighted by Gasteiger charge is -2.35. The highest BCUT2D eigenvalue weighted by Crippen LogP contribution is 2.26. The van der Waals surface area contributed by atoms with Gasteiger partial charge in [-0.3, -0.25) is 34.2 Å². The minimum absolute atomic E-state index is 0.0176. The Morgan fingerprint density at radius 3 is 2.11 bits per heavy atom. The summed E-state index contributed by atoms with van der Waals surface area (Å²) in [5.74, 6) is -1.74. The van der Waals surface area contributed by atoms with E-state index < -0.39 is 29.2 Å². The first-order chi connectivity index (χ1) is 12.8. The van der Waals surface area contributed by atoms with Crippen molar-refractivity contribution in [1.29, 1.82) is 0 Å². The number of imide groups is 1. The second-order valence-electron chi connectivity index (χ2n) is 6.30. The van der Waals surface area contributed by atoms with E-state index in [1.807, 2.05) is 0 Å². The quantitative estimate of drug-likeness (QED) is 0.424. The minimum Gasteiger partial charge on any atom is -0.339 e. The van der Waals surface area contributed by atoms with E-state index in [0.29, 0.717) is 32.6 Å². The Hall–Kier alpha value is -3.30. The molecule has 142 valence electrons. The van der Waals surface area contributed by atoms with Gasteiger partial charge in [0.2, 0.25) is 11.8 Å². The Kier molecular flexibility index (Phi) is 4.89. The van der Waals surface area contributed by atoms with E-state index in [0.717, 1.165) is 17.0 Å². The maximum atomic E-state index is 12.5. The average molecular weight is 374 g/mol. The lowest BCUT2D eigenvalue weighted by Crippen LogP contribution is -2.53. The number of piperazine rings is 1. The topological polar surface area (TPSA) is 121 Å². The van der Waals surface area contributed by atoms with Crippen molar-refractivity contribution in [3.05, 3.63) is 39.4 Å². The van der Waals surface area contributed by atoms with Gasteiger partial charge in [-0.1, -0.05) is 6.92 Å². The maximum absolute atomic E-state index is 12.5. The number of amides is 4. The monoisotopic (exact) mass is 374 g/mol. The Bertz CT molecular complexity index is 844.